The molecule has 0 saturated carbocycles. The highest BCUT2D eigenvalue weighted by Gasteiger charge is 2.38. The molecular weight excluding hydrogens is 697 g/mol. The van der Waals surface area contributed by atoms with Gasteiger partial charge in [-0.05, 0) is 68.8 Å². The number of carboxylic acids is 1. The maximum absolute atomic E-state index is 14.5. The number of methoxy groups -OCH3 is 2. The molecule has 294 valence electrons. The van der Waals surface area contributed by atoms with Crippen LogP contribution in [0.1, 0.15) is 105 Å². The van der Waals surface area contributed by atoms with Gasteiger partial charge in [0.05, 0.1) is 25.7 Å². The predicted molar refractivity (Wildman–Crippen MR) is 205 cm³/mol. The average molecular weight is 757 g/mol. The van der Waals surface area contributed by atoms with Gasteiger partial charge in [0, 0.05) is 49.9 Å². The van der Waals surface area contributed by atoms with Gasteiger partial charge in [-0.15, -0.1) is 11.3 Å². The summed E-state index contributed by atoms with van der Waals surface area (Å²) < 4.78 is 10.6. The van der Waals surface area contributed by atoms with Gasteiger partial charge in [0.2, 0.25) is 5.91 Å². The Bertz CT molecular complexity index is 1510. The fraction of sp³-hybridized carbons (Fsp3) is 0.650. The molecule has 2 aromatic rings. The highest BCUT2D eigenvalue weighted by molar-refractivity contribution is 7.12. The van der Waals surface area contributed by atoms with Crippen molar-refractivity contribution in [3.05, 3.63) is 45.9 Å². The van der Waals surface area contributed by atoms with Crippen LogP contribution in [0.5, 0.6) is 5.75 Å². The van der Waals surface area contributed by atoms with Gasteiger partial charge >= 0.3 is 5.97 Å². The van der Waals surface area contributed by atoms with E-state index in [2.05, 4.69) is 15.2 Å². The van der Waals surface area contributed by atoms with Crippen LogP contribution in [0.3, 0.4) is 0 Å². The standard InChI is InChI=1S/C40H60N4O8S/c1-9-26(4)31(22-35(45)33-12-10-11-17-43(33)6)39(48)44(18-19-51-7)34(25(2)3)23-36(46)38-42-32(24-53-38)37(47)41-29(20-27(5)40(49)50)21-28-13-15-30(52-8)16-14-28/h13-16,24-27,29,31,33-34H,9-12,17-23H2,1-8H3,(H,41,47)(H,49,50)/t26?,27-,29+,31?,33?,34+/m0/s1. The number of carbonyl (C=O) groups excluding carboxylic acids is 4. The fourth-order valence-corrected chi connectivity index (χ4v) is 7.76. The number of nitrogens with one attached hydrogen (secondary N) is 1. The van der Waals surface area contributed by atoms with E-state index in [1.165, 1.54) is 5.38 Å². The minimum absolute atomic E-state index is 0.00947. The van der Waals surface area contributed by atoms with Gasteiger partial charge in [-0.2, -0.15) is 0 Å². The van der Waals surface area contributed by atoms with E-state index in [4.69, 9.17) is 9.47 Å². The van der Waals surface area contributed by atoms with E-state index < -0.39 is 35.8 Å². The molecule has 0 spiro atoms. The van der Waals surface area contributed by atoms with Gasteiger partial charge in [0.25, 0.3) is 5.91 Å². The van der Waals surface area contributed by atoms with E-state index >= 15 is 0 Å². The molecule has 1 fully saturated rings. The number of hydrogen-bond acceptors (Lipinski definition) is 10. The molecule has 0 radical (unpaired) electrons. The van der Waals surface area contributed by atoms with Crippen LogP contribution < -0.4 is 10.1 Å². The summed E-state index contributed by atoms with van der Waals surface area (Å²) in [5, 5.41) is 14.2. The fourth-order valence-electron chi connectivity index (χ4n) is 7.01. The molecule has 1 aliphatic rings. The zero-order valence-electron chi connectivity index (χ0n) is 32.8. The Kier molecular flexibility index (Phi) is 17.5. The second-order valence-corrected chi connectivity index (χ2v) is 15.7. The van der Waals surface area contributed by atoms with E-state index in [1.54, 1.807) is 26.0 Å². The number of benzene rings is 1. The second kappa shape index (κ2) is 21.3. The summed E-state index contributed by atoms with van der Waals surface area (Å²) in [6, 6.07) is 6.17. The number of carboxylic acid groups (broad SMARTS) is 1. The largest absolute Gasteiger partial charge is 0.497 e. The Morgan fingerprint density at radius 3 is 2.34 bits per heavy atom. The van der Waals surface area contributed by atoms with Crippen molar-refractivity contribution in [2.45, 2.75) is 104 Å². The molecule has 3 rings (SSSR count). The molecule has 1 aliphatic heterocycles. The number of aliphatic carboxylic acids is 1. The third-order valence-electron chi connectivity index (χ3n) is 10.6. The molecule has 6 atom stereocenters. The number of ether oxygens (including phenoxy) is 2. The van der Waals surface area contributed by atoms with Crippen molar-refractivity contribution in [2.24, 2.45) is 23.7 Å². The van der Waals surface area contributed by atoms with E-state index in [1.807, 2.05) is 59.0 Å². The first-order valence-corrected chi connectivity index (χ1v) is 19.8. The molecule has 53 heavy (non-hydrogen) atoms. The summed E-state index contributed by atoms with van der Waals surface area (Å²) in [7, 11) is 5.12. The lowest BCUT2D eigenvalue weighted by atomic mass is 9.82. The number of piperidine rings is 1. The Balaban J connectivity index is 1.80. The minimum atomic E-state index is -0.961. The number of rotatable bonds is 22. The van der Waals surface area contributed by atoms with Crippen molar-refractivity contribution in [3.8, 4) is 5.75 Å². The first-order valence-electron chi connectivity index (χ1n) is 18.9. The van der Waals surface area contributed by atoms with Crippen molar-refractivity contribution in [1.29, 1.82) is 0 Å². The zero-order valence-corrected chi connectivity index (χ0v) is 33.6. The summed E-state index contributed by atoms with van der Waals surface area (Å²) in [5.41, 5.74) is 0.967. The number of ketones is 2. The van der Waals surface area contributed by atoms with Gasteiger partial charge in [-0.3, -0.25) is 28.9 Å². The molecule has 1 saturated heterocycles. The third-order valence-corrected chi connectivity index (χ3v) is 11.5. The highest BCUT2D eigenvalue weighted by Crippen LogP contribution is 2.29. The normalized spacial score (nSPS) is 17.7. The van der Waals surface area contributed by atoms with Crippen LogP contribution in [0.25, 0.3) is 0 Å². The van der Waals surface area contributed by atoms with Crippen LogP contribution >= 0.6 is 11.3 Å². The number of Topliss-reactive ketones (excluding diaryl/α,β-unsaturated/α-hetero) is 2. The number of amides is 2. The first kappa shape index (κ1) is 43.7. The average Bonchev–Trinajstić information content (AvgIpc) is 3.64. The number of thiazole rings is 1. The Morgan fingerprint density at radius 2 is 1.75 bits per heavy atom. The van der Waals surface area contributed by atoms with Gasteiger partial charge in [-0.1, -0.05) is 59.6 Å². The summed E-state index contributed by atoms with van der Waals surface area (Å²) in [6.45, 7) is 11.0. The summed E-state index contributed by atoms with van der Waals surface area (Å²) in [6.07, 6.45) is 4.32. The lowest BCUT2D eigenvalue weighted by Crippen LogP contribution is -2.51. The van der Waals surface area contributed by atoms with Crippen molar-refractivity contribution in [2.75, 3.05) is 41.0 Å². The number of likely N-dealkylation sites (tertiary alicyclic amines) is 1. The zero-order chi connectivity index (χ0) is 39.2. The van der Waals surface area contributed by atoms with E-state index in [0.717, 1.165) is 49.1 Å². The van der Waals surface area contributed by atoms with E-state index in [0.29, 0.717) is 12.2 Å². The lowest BCUT2D eigenvalue weighted by Gasteiger charge is -2.38. The third kappa shape index (κ3) is 12.7. The molecule has 3 unspecified atom stereocenters. The van der Waals surface area contributed by atoms with Crippen LogP contribution in [-0.4, -0.2) is 108 Å². The topological polar surface area (TPSA) is 155 Å². The van der Waals surface area contributed by atoms with Crippen LogP contribution in [0.15, 0.2) is 29.6 Å². The molecule has 2 heterocycles. The second-order valence-electron chi connectivity index (χ2n) is 14.9. The van der Waals surface area contributed by atoms with Crippen LogP contribution in [-0.2, 0) is 25.5 Å². The number of hydrogen-bond donors (Lipinski definition) is 2. The lowest BCUT2D eigenvalue weighted by molar-refractivity contribution is -0.144. The number of likely N-dealkylation sites (N-methyl/N-ethyl adjacent to an activating group) is 1. The van der Waals surface area contributed by atoms with Crippen molar-refractivity contribution in [1.82, 2.24) is 20.1 Å². The maximum atomic E-state index is 14.5. The molecule has 1 aromatic heterocycles. The summed E-state index contributed by atoms with van der Waals surface area (Å²) >= 11 is 1.06. The van der Waals surface area contributed by atoms with Crippen LogP contribution in [0, 0.1) is 23.7 Å². The van der Waals surface area contributed by atoms with Crippen molar-refractivity contribution in [3.63, 3.8) is 0 Å². The molecule has 0 bridgehead atoms. The monoisotopic (exact) mass is 756 g/mol. The smallest absolute Gasteiger partial charge is 0.306 e. The van der Waals surface area contributed by atoms with Crippen molar-refractivity contribution >= 4 is 40.7 Å². The van der Waals surface area contributed by atoms with Crippen LogP contribution in [0.4, 0.5) is 0 Å². The predicted octanol–water partition coefficient (Wildman–Crippen LogP) is 5.78. The van der Waals surface area contributed by atoms with E-state index in [-0.39, 0.29) is 78.5 Å². The number of nitrogens with zero attached hydrogens (tertiary/aromatic N) is 3. The molecule has 2 amide bonds. The molecular formula is C40H60N4O8S. The Morgan fingerprint density at radius 1 is 1.06 bits per heavy atom. The van der Waals surface area contributed by atoms with Gasteiger partial charge in [0.1, 0.15) is 11.4 Å². The van der Waals surface area contributed by atoms with Crippen molar-refractivity contribution < 1.29 is 38.6 Å². The first-order chi connectivity index (χ1) is 25.2. The Hall–Kier alpha value is -3.68. The Labute approximate surface area is 319 Å². The van der Waals surface area contributed by atoms with Gasteiger partial charge in [0.15, 0.2) is 16.6 Å². The van der Waals surface area contributed by atoms with Gasteiger partial charge < -0.3 is 24.8 Å². The van der Waals surface area contributed by atoms with Crippen LogP contribution in [0.2, 0.25) is 0 Å². The molecule has 1 aromatic carbocycles. The molecule has 0 aliphatic carbocycles. The van der Waals surface area contributed by atoms with Gasteiger partial charge in [-0.25, -0.2) is 4.98 Å². The highest BCUT2D eigenvalue weighted by atomic mass is 32.1. The quantitative estimate of drug-likeness (QED) is 0.141. The molecule has 2 N–H and O–H groups in total. The summed E-state index contributed by atoms with van der Waals surface area (Å²) in [4.78, 5) is 75.2. The SMILES string of the molecule is CCC(C)C(CC(=O)C1CCCCN1C)C(=O)N(CCOC)[C@H](CC(=O)c1nc(C(=O)N[C@@H](Cc2ccc(OC)cc2)C[C@H](C)C(=O)O)cs1)C(C)C. The molecule has 13 heteroatoms. The minimum Gasteiger partial charge on any atom is -0.497 e. The number of carbonyl (C=O) groups is 5. The maximum Gasteiger partial charge on any atom is 0.306 e. The summed E-state index contributed by atoms with van der Waals surface area (Å²) in [5.74, 6) is -2.49. The number of aromatic nitrogens is 1. The van der Waals surface area contributed by atoms with E-state index in [9.17, 15) is 29.1 Å². The molecule has 12 nitrogen and oxygen atoms in total.